The van der Waals surface area contributed by atoms with Crippen LogP contribution in [0.2, 0.25) is 0 Å². The molecule has 1 aliphatic carbocycles. The molecule has 3 aromatic rings. The summed E-state index contributed by atoms with van der Waals surface area (Å²) in [7, 11) is 0. The van der Waals surface area contributed by atoms with Gasteiger partial charge in [0.2, 0.25) is 11.8 Å². The molecule has 1 fully saturated rings. The van der Waals surface area contributed by atoms with Gasteiger partial charge in [-0.1, -0.05) is 55.7 Å². The fraction of sp³-hybridized carbons (Fsp3) is 0.321. The molecule has 4 rings (SSSR count). The van der Waals surface area contributed by atoms with Gasteiger partial charge in [-0.3, -0.25) is 19.5 Å². The van der Waals surface area contributed by atoms with Gasteiger partial charge in [0.15, 0.2) is 0 Å². The Labute approximate surface area is 200 Å². The van der Waals surface area contributed by atoms with E-state index in [1.54, 1.807) is 30.5 Å². The van der Waals surface area contributed by atoms with E-state index in [1.807, 2.05) is 37.3 Å². The number of amides is 2. The Morgan fingerprint density at radius 3 is 2.50 bits per heavy atom. The number of aromatic nitrogens is 1. The molecule has 1 heterocycles. The zero-order valence-electron chi connectivity index (χ0n) is 19.4. The van der Waals surface area contributed by atoms with Crippen LogP contribution in [0.5, 0.6) is 0 Å². The molecule has 0 bridgehead atoms. The first-order chi connectivity index (χ1) is 16.5. The van der Waals surface area contributed by atoms with Crippen molar-refractivity contribution in [3.63, 3.8) is 0 Å². The number of aryl methyl sites for hydroxylation is 1. The normalized spacial score (nSPS) is 14.9. The second-order valence-corrected chi connectivity index (χ2v) is 8.84. The lowest BCUT2D eigenvalue weighted by Gasteiger charge is -2.34. The van der Waals surface area contributed by atoms with Crippen LogP contribution in [0, 0.1) is 12.7 Å². The largest absolute Gasteiger partial charge is 0.351 e. The van der Waals surface area contributed by atoms with Crippen molar-refractivity contribution < 1.29 is 14.0 Å². The van der Waals surface area contributed by atoms with E-state index < -0.39 is 11.9 Å². The molecule has 1 N–H and O–H groups in total. The second kappa shape index (κ2) is 11.1. The van der Waals surface area contributed by atoms with Crippen LogP contribution in [0.25, 0.3) is 0 Å². The van der Waals surface area contributed by atoms with Crippen LogP contribution in [0.3, 0.4) is 0 Å². The van der Waals surface area contributed by atoms with Gasteiger partial charge in [0.25, 0.3) is 0 Å². The molecular formula is C28H30FN3O2. The maximum atomic E-state index is 14.3. The molecular weight excluding hydrogens is 429 g/mol. The average Bonchev–Trinajstić information content (AvgIpc) is 2.84. The molecule has 2 aromatic carbocycles. The molecule has 1 atom stereocenters. The van der Waals surface area contributed by atoms with Gasteiger partial charge in [-0.15, -0.1) is 0 Å². The highest BCUT2D eigenvalue weighted by atomic mass is 19.1. The van der Waals surface area contributed by atoms with Crippen molar-refractivity contribution in [3.8, 4) is 0 Å². The third-order valence-electron chi connectivity index (χ3n) is 6.35. The summed E-state index contributed by atoms with van der Waals surface area (Å²) in [6.45, 7) is 1.92. The predicted octanol–water partition coefficient (Wildman–Crippen LogP) is 5.30. The highest BCUT2D eigenvalue weighted by Gasteiger charge is 2.35. The Bertz CT molecular complexity index is 1130. The summed E-state index contributed by atoms with van der Waals surface area (Å²) in [5.74, 6) is -1.04. The van der Waals surface area contributed by atoms with Crippen molar-refractivity contribution in [1.29, 1.82) is 0 Å². The number of nitrogens with zero attached hydrogens (tertiary/aromatic N) is 2. The highest BCUT2D eigenvalue weighted by molar-refractivity contribution is 6.02. The molecule has 0 spiro atoms. The number of benzene rings is 2. The number of rotatable bonds is 7. The van der Waals surface area contributed by atoms with Crippen LogP contribution in [-0.2, 0) is 16.0 Å². The first-order valence-electron chi connectivity index (χ1n) is 11.9. The number of anilines is 1. The van der Waals surface area contributed by atoms with Crippen molar-refractivity contribution in [2.45, 2.75) is 57.5 Å². The smallest absolute Gasteiger partial charge is 0.248 e. The summed E-state index contributed by atoms with van der Waals surface area (Å²) in [6, 6.07) is 17.9. The van der Waals surface area contributed by atoms with E-state index in [4.69, 9.17) is 0 Å². The average molecular weight is 460 g/mol. The van der Waals surface area contributed by atoms with Crippen LogP contribution in [0.4, 0.5) is 10.1 Å². The number of carbonyl (C=O) groups is 2. The molecule has 0 saturated heterocycles. The predicted molar refractivity (Wildman–Crippen MR) is 131 cm³/mol. The number of pyridine rings is 1. The topological polar surface area (TPSA) is 62.3 Å². The van der Waals surface area contributed by atoms with Gasteiger partial charge in [-0.25, -0.2) is 4.39 Å². The summed E-state index contributed by atoms with van der Waals surface area (Å²) in [6.07, 6.45) is 6.80. The zero-order chi connectivity index (χ0) is 23.9. The van der Waals surface area contributed by atoms with E-state index in [0.717, 1.165) is 36.8 Å². The third-order valence-corrected chi connectivity index (χ3v) is 6.35. The Balaban J connectivity index is 1.77. The number of carbonyl (C=O) groups excluding carboxylic acids is 2. The van der Waals surface area contributed by atoms with Gasteiger partial charge in [0.05, 0.1) is 6.42 Å². The molecule has 176 valence electrons. The maximum Gasteiger partial charge on any atom is 0.248 e. The Morgan fingerprint density at radius 2 is 1.79 bits per heavy atom. The van der Waals surface area contributed by atoms with Crippen LogP contribution < -0.4 is 10.2 Å². The summed E-state index contributed by atoms with van der Waals surface area (Å²) in [5.41, 5.74) is 2.53. The number of nitrogens with one attached hydrogen (secondary N) is 1. The van der Waals surface area contributed by atoms with E-state index in [0.29, 0.717) is 11.4 Å². The van der Waals surface area contributed by atoms with Crippen LogP contribution in [-0.4, -0.2) is 22.8 Å². The molecule has 2 amide bonds. The third kappa shape index (κ3) is 5.68. The van der Waals surface area contributed by atoms with Gasteiger partial charge in [-0.05, 0) is 61.2 Å². The minimum atomic E-state index is -0.930. The van der Waals surface area contributed by atoms with Crippen LogP contribution in [0.15, 0.2) is 72.9 Å². The lowest BCUT2D eigenvalue weighted by atomic mass is 9.93. The van der Waals surface area contributed by atoms with E-state index in [9.17, 15) is 14.0 Å². The van der Waals surface area contributed by atoms with Gasteiger partial charge in [-0.2, -0.15) is 0 Å². The number of hydrogen-bond acceptors (Lipinski definition) is 3. The first-order valence-corrected chi connectivity index (χ1v) is 11.9. The first kappa shape index (κ1) is 23.6. The SMILES string of the molecule is Cc1ccccc1C(C(=O)NC1CCCCC1)N(C(=O)Cc1ccccn1)c1cccc(F)c1. The van der Waals surface area contributed by atoms with E-state index in [-0.39, 0.29) is 24.3 Å². The second-order valence-electron chi connectivity index (χ2n) is 8.84. The monoisotopic (exact) mass is 459 g/mol. The van der Waals surface area contributed by atoms with Gasteiger partial charge in [0.1, 0.15) is 11.9 Å². The standard InChI is InChI=1S/C28H30FN3O2/c1-20-10-5-6-16-25(20)27(28(34)31-22-12-3-2-4-13-22)32(24-15-9-11-21(29)18-24)26(33)19-23-14-7-8-17-30-23/h5-11,14-18,22,27H,2-4,12-13,19H2,1H3,(H,31,34). The lowest BCUT2D eigenvalue weighted by molar-refractivity contribution is -0.127. The minimum Gasteiger partial charge on any atom is -0.351 e. The molecule has 34 heavy (non-hydrogen) atoms. The van der Waals surface area contributed by atoms with Gasteiger partial charge >= 0.3 is 0 Å². The fourth-order valence-electron chi connectivity index (χ4n) is 4.62. The molecule has 5 nitrogen and oxygen atoms in total. The molecule has 1 unspecified atom stereocenters. The zero-order valence-corrected chi connectivity index (χ0v) is 19.4. The van der Waals surface area contributed by atoms with Crippen molar-refractivity contribution in [2.75, 3.05) is 4.90 Å². The molecule has 1 aromatic heterocycles. The van der Waals surface area contributed by atoms with Crippen molar-refractivity contribution in [1.82, 2.24) is 10.3 Å². The molecule has 1 aliphatic rings. The molecule has 1 saturated carbocycles. The van der Waals surface area contributed by atoms with Crippen LogP contribution >= 0.6 is 0 Å². The summed E-state index contributed by atoms with van der Waals surface area (Å²) < 4.78 is 14.3. The Hall–Kier alpha value is -3.54. The van der Waals surface area contributed by atoms with Crippen LogP contribution in [0.1, 0.15) is 55.0 Å². The Kier molecular flexibility index (Phi) is 7.68. The van der Waals surface area contributed by atoms with Crippen molar-refractivity contribution >= 4 is 17.5 Å². The maximum absolute atomic E-state index is 14.3. The Morgan fingerprint density at radius 1 is 1.03 bits per heavy atom. The molecule has 0 radical (unpaired) electrons. The quantitative estimate of drug-likeness (QED) is 0.522. The van der Waals surface area contributed by atoms with Crippen molar-refractivity contribution in [3.05, 3.63) is 95.6 Å². The minimum absolute atomic E-state index is 0.00353. The fourth-order valence-corrected chi connectivity index (χ4v) is 4.62. The summed E-state index contributed by atoms with van der Waals surface area (Å²) in [5, 5.41) is 3.19. The molecule has 0 aliphatic heterocycles. The molecule has 6 heteroatoms. The van der Waals surface area contributed by atoms with E-state index in [1.165, 1.54) is 23.5 Å². The van der Waals surface area contributed by atoms with Crippen molar-refractivity contribution in [2.24, 2.45) is 0 Å². The van der Waals surface area contributed by atoms with Gasteiger partial charge in [0, 0.05) is 23.6 Å². The van der Waals surface area contributed by atoms with E-state index in [2.05, 4.69) is 10.3 Å². The lowest BCUT2D eigenvalue weighted by Crippen LogP contribution is -2.48. The summed E-state index contributed by atoms with van der Waals surface area (Å²) in [4.78, 5) is 33.2. The summed E-state index contributed by atoms with van der Waals surface area (Å²) >= 11 is 0. The highest BCUT2D eigenvalue weighted by Crippen LogP contribution is 2.31. The van der Waals surface area contributed by atoms with Gasteiger partial charge < -0.3 is 5.32 Å². The van der Waals surface area contributed by atoms with E-state index >= 15 is 0 Å². The number of hydrogen-bond donors (Lipinski definition) is 1. The number of halogens is 1.